The lowest BCUT2D eigenvalue weighted by Gasteiger charge is -2.40. The normalized spacial score (nSPS) is 26.9. The largest absolute Gasteiger partial charge is 0.375 e. The van der Waals surface area contributed by atoms with Crippen molar-refractivity contribution < 1.29 is 4.74 Å². The lowest BCUT2D eigenvalue weighted by Crippen LogP contribution is -2.40. The van der Waals surface area contributed by atoms with Gasteiger partial charge in [0.1, 0.15) is 0 Å². The van der Waals surface area contributed by atoms with E-state index in [1.165, 1.54) is 25.7 Å². The molecule has 1 heterocycles. The molecule has 1 aliphatic carbocycles. The maximum absolute atomic E-state index is 6.50. The molecule has 1 saturated carbocycles. The highest BCUT2D eigenvalue weighted by Gasteiger charge is 2.42. The third-order valence-electron chi connectivity index (χ3n) is 4.89. The fourth-order valence-corrected chi connectivity index (χ4v) is 4.45. The monoisotopic (exact) mass is 313 g/mol. The molecule has 2 nitrogen and oxygen atoms in total. The second-order valence-corrected chi connectivity index (χ2v) is 6.97. The van der Waals surface area contributed by atoms with Crippen molar-refractivity contribution in [3.63, 3.8) is 0 Å². The molecule has 0 amide bonds. The van der Waals surface area contributed by atoms with Gasteiger partial charge in [-0.3, -0.25) is 0 Å². The molecule has 1 aromatic rings. The summed E-state index contributed by atoms with van der Waals surface area (Å²) in [4.78, 5) is 0. The fourth-order valence-electron chi connectivity index (χ4n) is 3.80. The summed E-state index contributed by atoms with van der Waals surface area (Å²) in [7, 11) is 0. The van der Waals surface area contributed by atoms with Gasteiger partial charge >= 0.3 is 0 Å². The summed E-state index contributed by atoms with van der Waals surface area (Å²) in [6.07, 6.45) is 6.92. The fraction of sp³-hybridized carbons (Fsp3) is 0.625. The van der Waals surface area contributed by atoms with Gasteiger partial charge in [-0.15, -0.1) is 0 Å². The topological polar surface area (TPSA) is 35.2 Å². The highest BCUT2D eigenvalue weighted by atomic mass is 35.5. The molecule has 20 heavy (non-hydrogen) atoms. The van der Waals surface area contributed by atoms with Gasteiger partial charge in [0.15, 0.2) is 0 Å². The predicted octanol–water partition coefficient (Wildman–Crippen LogP) is 4.73. The quantitative estimate of drug-likeness (QED) is 0.856. The zero-order chi connectivity index (χ0) is 14.2. The molecule has 1 aromatic carbocycles. The average Bonchev–Trinajstić information content (AvgIpc) is 2.86. The van der Waals surface area contributed by atoms with Crippen molar-refractivity contribution in [3.05, 3.63) is 33.8 Å². The second-order valence-electron chi connectivity index (χ2n) is 6.15. The van der Waals surface area contributed by atoms with Crippen molar-refractivity contribution in [1.82, 2.24) is 0 Å². The third-order valence-corrected chi connectivity index (χ3v) is 5.55. The van der Waals surface area contributed by atoms with Gasteiger partial charge in [-0.05, 0) is 43.7 Å². The van der Waals surface area contributed by atoms with Gasteiger partial charge in [0.25, 0.3) is 0 Å². The lowest BCUT2D eigenvalue weighted by atomic mass is 9.79. The lowest BCUT2D eigenvalue weighted by molar-refractivity contribution is -0.0963. The van der Waals surface area contributed by atoms with Crippen molar-refractivity contribution in [3.8, 4) is 0 Å². The number of ether oxygens (including phenoxy) is 1. The average molecular weight is 314 g/mol. The zero-order valence-electron chi connectivity index (χ0n) is 11.6. The maximum atomic E-state index is 6.50. The molecule has 2 N–H and O–H groups in total. The Bertz CT molecular complexity index is 465. The van der Waals surface area contributed by atoms with Crippen LogP contribution in [0, 0.1) is 5.92 Å². The molecule has 2 aliphatic rings. The molecule has 0 bridgehead atoms. The third kappa shape index (κ3) is 2.71. The first-order valence-corrected chi connectivity index (χ1v) is 8.20. The molecular formula is C16H21Cl2NO. The van der Waals surface area contributed by atoms with E-state index in [4.69, 9.17) is 33.7 Å². The summed E-state index contributed by atoms with van der Waals surface area (Å²) < 4.78 is 6.08. The van der Waals surface area contributed by atoms with E-state index in [2.05, 4.69) is 0 Å². The Hall–Kier alpha value is -0.280. The van der Waals surface area contributed by atoms with E-state index < -0.39 is 0 Å². The van der Waals surface area contributed by atoms with Crippen LogP contribution in [-0.4, -0.2) is 12.2 Å². The zero-order valence-corrected chi connectivity index (χ0v) is 13.1. The second kappa shape index (κ2) is 5.84. The molecule has 2 atom stereocenters. The Labute approximate surface area is 130 Å². The van der Waals surface area contributed by atoms with Crippen LogP contribution in [0.15, 0.2) is 18.2 Å². The van der Waals surface area contributed by atoms with Crippen molar-refractivity contribution >= 4 is 23.2 Å². The van der Waals surface area contributed by atoms with Crippen LogP contribution in [0.2, 0.25) is 10.0 Å². The summed E-state index contributed by atoms with van der Waals surface area (Å²) in [6, 6.07) is 5.50. The number of benzene rings is 1. The van der Waals surface area contributed by atoms with Gasteiger partial charge in [0.05, 0.1) is 5.60 Å². The number of halogens is 2. The van der Waals surface area contributed by atoms with Gasteiger partial charge in [0.2, 0.25) is 0 Å². The minimum atomic E-state index is -0.0995. The molecular weight excluding hydrogens is 293 g/mol. The smallest absolute Gasteiger partial charge is 0.0685 e. The number of rotatable bonds is 2. The molecule has 1 aliphatic heterocycles. The Morgan fingerprint density at radius 2 is 1.85 bits per heavy atom. The van der Waals surface area contributed by atoms with Crippen LogP contribution in [0.5, 0.6) is 0 Å². The Morgan fingerprint density at radius 1 is 1.20 bits per heavy atom. The van der Waals surface area contributed by atoms with Crippen LogP contribution >= 0.6 is 23.2 Å². The minimum absolute atomic E-state index is 0.0776. The van der Waals surface area contributed by atoms with E-state index in [-0.39, 0.29) is 11.6 Å². The van der Waals surface area contributed by atoms with Gasteiger partial charge in [-0.1, -0.05) is 42.1 Å². The van der Waals surface area contributed by atoms with E-state index in [0.29, 0.717) is 16.0 Å². The summed E-state index contributed by atoms with van der Waals surface area (Å²) in [5, 5.41) is 1.36. The van der Waals surface area contributed by atoms with Crippen molar-refractivity contribution in [2.45, 2.75) is 50.2 Å². The predicted molar refractivity (Wildman–Crippen MR) is 83.3 cm³/mol. The molecule has 3 rings (SSSR count). The Balaban J connectivity index is 1.81. The summed E-state index contributed by atoms with van der Waals surface area (Å²) in [5.41, 5.74) is 7.47. The number of hydrogen-bond acceptors (Lipinski definition) is 2. The molecule has 0 radical (unpaired) electrons. The van der Waals surface area contributed by atoms with Crippen molar-refractivity contribution in [2.24, 2.45) is 11.7 Å². The summed E-state index contributed by atoms with van der Waals surface area (Å²) in [5.74, 6) is 0.402. The van der Waals surface area contributed by atoms with Crippen LogP contribution in [0.4, 0.5) is 0 Å². The van der Waals surface area contributed by atoms with Crippen LogP contribution in [0.1, 0.15) is 50.1 Å². The van der Waals surface area contributed by atoms with Gasteiger partial charge in [-0.2, -0.15) is 0 Å². The molecule has 0 aromatic heterocycles. The summed E-state index contributed by atoms with van der Waals surface area (Å²) in [6.45, 7) is 0.806. The molecule has 110 valence electrons. The molecule has 2 unspecified atom stereocenters. The highest BCUT2D eigenvalue weighted by Crippen LogP contribution is 2.46. The first-order chi connectivity index (χ1) is 9.61. The first kappa shape index (κ1) is 14.6. The number of hydrogen-bond donors (Lipinski definition) is 1. The highest BCUT2D eigenvalue weighted by molar-refractivity contribution is 6.36. The van der Waals surface area contributed by atoms with Crippen molar-refractivity contribution in [1.29, 1.82) is 0 Å². The summed E-state index contributed by atoms with van der Waals surface area (Å²) >= 11 is 12.6. The van der Waals surface area contributed by atoms with E-state index in [1.807, 2.05) is 18.2 Å². The van der Waals surface area contributed by atoms with E-state index >= 15 is 0 Å². The van der Waals surface area contributed by atoms with Crippen molar-refractivity contribution in [2.75, 3.05) is 6.61 Å². The molecule has 4 heteroatoms. The molecule has 1 saturated heterocycles. The van der Waals surface area contributed by atoms with Crippen LogP contribution in [-0.2, 0) is 4.74 Å². The van der Waals surface area contributed by atoms with Gasteiger partial charge in [-0.25, -0.2) is 0 Å². The SMILES string of the molecule is NC(c1c(Cl)cccc1Cl)C1CCOC2(CCCC2)C1. The number of nitrogens with two attached hydrogens (primary N) is 1. The van der Waals surface area contributed by atoms with Gasteiger partial charge < -0.3 is 10.5 Å². The Morgan fingerprint density at radius 3 is 2.50 bits per heavy atom. The first-order valence-electron chi connectivity index (χ1n) is 7.45. The maximum Gasteiger partial charge on any atom is 0.0685 e. The molecule has 1 spiro atoms. The van der Waals surface area contributed by atoms with E-state index in [1.54, 1.807) is 0 Å². The minimum Gasteiger partial charge on any atom is -0.375 e. The molecule has 2 fully saturated rings. The van der Waals surface area contributed by atoms with Crippen LogP contribution in [0.3, 0.4) is 0 Å². The van der Waals surface area contributed by atoms with Crippen LogP contribution < -0.4 is 5.73 Å². The Kier molecular flexibility index (Phi) is 4.28. The van der Waals surface area contributed by atoms with E-state index in [9.17, 15) is 0 Å². The van der Waals surface area contributed by atoms with Gasteiger partial charge in [0, 0.05) is 28.3 Å². The van der Waals surface area contributed by atoms with E-state index in [0.717, 1.165) is 25.0 Å². The van der Waals surface area contributed by atoms with Crippen LogP contribution in [0.25, 0.3) is 0 Å². The standard InChI is InChI=1S/C16H21Cl2NO/c17-12-4-3-5-13(18)14(12)15(19)11-6-9-20-16(10-11)7-1-2-8-16/h3-5,11,15H,1-2,6-10,19H2.